The van der Waals surface area contributed by atoms with E-state index in [4.69, 9.17) is 0 Å². The largest absolute Gasteiger partial charge is 0.487 e. The zero-order chi connectivity index (χ0) is 25.2. The normalized spacial score (nSPS) is 13.2. The monoisotopic (exact) mass is 490 g/mol. The predicted octanol–water partition coefficient (Wildman–Crippen LogP) is 6.64. The van der Waals surface area contributed by atoms with E-state index in [0.717, 1.165) is 39.1 Å². The summed E-state index contributed by atoms with van der Waals surface area (Å²) >= 11 is 0. The molecule has 35 heavy (non-hydrogen) atoms. The van der Waals surface area contributed by atoms with Crippen molar-refractivity contribution in [3.8, 4) is 16.9 Å². The van der Waals surface area contributed by atoms with Gasteiger partial charge in [-0.25, -0.2) is 4.98 Å². The highest BCUT2D eigenvalue weighted by Gasteiger charge is 2.58. The molecule has 0 aliphatic heterocycles. The number of fused-ring (bicyclic) bond motifs is 1. The van der Waals surface area contributed by atoms with Crippen molar-refractivity contribution in [3.05, 3.63) is 83.7 Å². The van der Waals surface area contributed by atoms with E-state index in [9.17, 15) is 27.1 Å². The number of imidazole rings is 1. The van der Waals surface area contributed by atoms with E-state index >= 15 is 0 Å². The number of rotatable bonds is 8. The lowest BCUT2D eigenvalue weighted by atomic mass is 9.96. The van der Waals surface area contributed by atoms with Gasteiger partial charge in [0.25, 0.3) is 0 Å². The van der Waals surface area contributed by atoms with Gasteiger partial charge in [-0.05, 0) is 59.9 Å². The van der Waals surface area contributed by atoms with Crippen molar-refractivity contribution in [1.82, 2.24) is 9.97 Å². The van der Waals surface area contributed by atoms with E-state index in [2.05, 4.69) is 14.7 Å². The summed E-state index contributed by atoms with van der Waals surface area (Å²) in [5.74, 6) is -4.22. The summed E-state index contributed by atoms with van der Waals surface area (Å²) in [4.78, 5) is 7.90. The van der Waals surface area contributed by atoms with Crippen LogP contribution in [0.5, 0.6) is 5.75 Å². The molecule has 0 aliphatic carbocycles. The Morgan fingerprint density at radius 2 is 1.66 bits per heavy atom. The van der Waals surface area contributed by atoms with Gasteiger partial charge in [0.05, 0.1) is 17.1 Å². The molecule has 1 heterocycles. The number of hydrogen-bond acceptors (Lipinski definition) is 3. The fourth-order valence-electron chi connectivity index (χ4n) is 3.74. The second kappa shape index (κ2) is 9.65. The molecule has 3 aromatic carbocycles. The maximum Gasteiger partial charge on any atom is 0.456 e. The van der Waals surface area contributed by atoms with Crippen molar-refractivity contribution >= 4 is 11.0 Å². The van der Waals surface area contributed by atoms with Crippen molar-refractivity contribution in [2.75, 3.05) is 6.61 Å². The Morgan fingerprint density at radius 3 is 2.34 bits per heavy atom. The number of nitrogens with one attached hydrogen (secondary N) is 1. The number of ether oxygens (including phenoxy) is 1. The first kappa shape index (κ1) is 24.7. The van der Waals surface area contributed by atoms with E-state index in [1.165, 1.54) is 12.1 Å². The molecule has 4 aromatic rings. The van der Waals surface area contributed by atoms with Gasteiger partial charge in [-0.15, -0.1) is 0 Å². The Kier molecular flexibility index (Phi) is 6.80. The molecule has 184 valence electrons. The first-order valence-corrected chi connectivity index (χ1v) is 11.0. The van der Waals surface area contributed by atoms with E-state index in [1.54, 1.807) is 19.1 Å². The van der Waals surface area contributed by atoms with Crippen molar-refractivity contribution in [2.45, 2.75) is 38.0 Å². The Bertz CT molecular complexity index is 1300. The number of aliphatic hydroxyl groups is 1. The maximum absolute atomic E-state index is 13.0. The summed E-state index contributed by atoms with van der Waals surface area (Å²) in [6.45, 7) is -0.0410. The van der Waals surface area contributed by atoms with Crippen LogP contribution in [-0.4, -0.2) is 33.8 Å². The lowest BCUT2D eigenvalue weighted by molar-refractivity contribution is -0.290. The SMILES string of the molecule is CC(O)c1ccccc1-c1ccc2nc(CCc3ccc(OCC(F)(F)C(F)(F)F)cc3)[nH]c2c1. The summed E-state index contributed by atoms with van der Waals surface area (Å²) in [5, 5.41) is 10.1. The average Bonchev–Trinajstić information content (AvgIpc) is 3.23. The average molecular weight is 490 g/mol. The van der Waals surface area contributed by atoms with Crippen molar-refractivity contribution in [1.29, 1.82) is 0 Å². The van der Waals surface area contributed by atoms with Crippen LogP contribution in [-0.2, 0) is 12.8 Å². The van der Waals surface area contributed by atoms with Gasteiger partial charge in [0.15, 0.2) is 6.61 Å². The molecule has 2 N–H and O–H groups in total. The fourth-order valence-corrected chi connectivity index (χ4v) is 3.74. The third-order valence-electron chi connectivity index (χ3n) is 5.66. The third-order valence-corrected chi connectivity index (χ3v) is 5.66. The minimum Gasteiger partial charge on any atom is -0.487 e. The van der Waals surface area contributed by atoms with Crippen LogP contribution < -0.4 is 4.74 Å². The number of aliphatic hydroxyl groups excluding tert-OH is 1. The van der Waals surface area contributed by atoms with Crippen LogP contribution in [0.1, 0.15) is 30.0 Å². The number of aryl methyl sites for hydroxylation is 2. The summed E-state index contributed by atoms with van der Waals surface area (Å²) in [5.41, 5.74) is 5.24. The van der Waals surface area contributed by atoms with Gasteiger partial charge in [0.2, 0.25) is 0 Å². The van der Waals surface area contributed by atoms with Crippen molar-refractivity contribution in [2.24, 2.45) is 0 Å². The number of benzene rings is 3. The molecule has 0 bridgehead atoms. The first-order valence-electron chi connectivity index (χ1n) is 11.0. The summed E-state index contributed by atoms with van der Waals surface area (Å²) < 4.78 is 67.4. The van der Waals surface area contributed by atoms with Gasteiger partial charge in [0, 0.05) is 6.42 Å². The van der Waals surface area contributed by atoms with E-state index in [1.807, 2.05) is 42.5 Å². The first-order chi connectivity index (χ1) is 16.5. The Morgan fingerprint density at radius 1 is 0.943 bits per heavy atom. The number of H-pyrrole nitrogens is 1. The standard InChI is InChI=1S/C26H23F5N2O2/c1-16(34)20-4-2-3-5-21(20)18-9-12-22-23(14-18)33-24(32-22)13-8-17-6-10-19(11-7-17)35-15-25(27,28)26(29,30)31/h2-7,9-12,14,16,34H,8,13,15H2,1H3,(H,32,33). The quantitative estimate of drug-likeness (QED) is 0.272. The fraction of sp³-hybridized carbons (Fsp3) is 0.269. The minimum atomic E-state index is -5.65. The van der Waals surface area contributed by atoms with E-state index < -0.39 is 24.8 Å². The van der Waals surface area contributed by atoms with Crippen molar-refractivity contribution < 1.29 is 31.8 Å². The van der Waals surface area contributed by atoms with Gasteiger partial charge in [-0.2, -0.15) is 22.0 Å². The smallest absolute Gasteiger partial charge is 0.456 e. The molecule has 1 atom stereocenters. The van der Waals surface area contributed by atoms with Gasteiger partial charge in [-0.1, -0.05) is 42.5 Å². The number of alkyl halides is 5. The second-order valence-corrected chi connectivity index (χ2v) is 8.31. The molecule has 4 nitrogen and oxygen atoms in total. The molecular formula is C26H23F5N2O2. The number of hydrogen-bond donors (Lipinski definition) is 2. The molecule has 0 saturated heterocycles. The van der Waals surface area contributed by atoms with Gasteiger partial charge < -0.3 is 14.8 Å². The lowest BCUT2D eigenvalue weighted by Gasteiger charge is -2.19. The molecule has 9 heteroatoms. The van der Waals surface area contributed by atoms with Crippen LogP contribution in [0.25, 0.3) is 22.2 Å². The minimum absolute atomic E-state index is 0.0635. The van der Waals surface area contributed by atoms with Crippen LogP contribution in [0.2, 0.25) is 0 Å². The highest BCUT2D eigenvalue weighted by atomic mass is 19.4. The predicted molar refractivity (Wildman–Crippen MR) is 123 cm³/mol. The summed E-state index contributed by atoms with van der Waals surface area (Å²) in [6, 6.07) is 19.5. The van der Waals surface area contributed by atoms with Crippen LogP contribution in [0.4, 0.5) is 22.0 Å². The molecule has 4 rings (SSSR count). The molecule has 1 aromatic heterocycles. The third kappa shape index (κ3) is 5.62. The maximum atomic E-state index is 13.0. The lowest BCUT2D eigenvalue weighted by Crippen LogP contribution is -2.41. The van der Waals surface area contributed by atoms with Crippen LogP contribution in [0.15, 0.2) is 66.7 Å². The number of aromatic amines is 1. The molecule has 0 radical (unpaired) electrons. The summed E-state index contributed by atoms with van der Waals surface area (Å²) in [6.07, 6.45) is -5.10. The van der Waals surface area contributed by atoms with E-state index in [0.29, 0.717) is 12.8 Å². The number of halogens is 5. The van der Waals surface area contributed by atoms with Gasteiger partial charge in [0.1, 0.15) is 11.6 Å². The van der Waals surface area contributed by atoms with Crippen molar-refractivity contribution in [3.63, 3.8) is 0 Å². The molecule has 0 spiro atoms. The second-order valence-electron chi connectivity index (χ2n) is 8.31. The topological polar surface area (TPSA) is 58.1 Å². The van der Waals surface area contributed by atoms with E-state index in [-0.39, 0.29) is 5.75 Å². The summed E-state index contributed by atoms with van der Waals surface area (Å²) in [7, 11) is 0. The highest BCUT2D eigenvalue weighted by Crippen LogP contribution is 2.36. The zero-order valence-electron chi connectivity index (χ0n) is 18.7. The molecule has 0 aliphatic rings. The number of nitrogens with zero attached hydrogens (tertiary/aromatic N) is 1. The molecule has 0 fully saturated rings. The Labute approximate surface area is 198 Å². The van der Waals surface area contributed by atoms with Gasteiger partial charge in [-0.3, -0.25) is 0 Å². The zero-order valence-corrected chi connectivity index (χ0v) is 18.7. The molecule has 1 unspecified atom stereocenters. The van der Waals surface area contributed by atoms with Gasteiger partial charge >= 0.3 is 12.1 Å². The number of aromatic nitrogens is 2. The van der Waals surface area contributed by atoms with Crippen LogP contribution in [0, 0.1) is 0 Å². The molecule has 0 saturated carbocycles. The van der Waals surface area contributed by atoms with Crippen LogP contribution in [0.3, 0.4) is 0 Å². The van der Waals surface area contributed by atoms with Crippen LogP contribution >= 0.6 is 0 Å². The highest BCUT2D eigenvalue weighted by molar-refractivity contribution is 5.83. The Balaban J connectivity index is 1.41. The molecule has 0 amide bonds. The Hall–Kier alpha value is -3.46. The molecular weight excluding hydrogens is 467 g/mol.